The van der Waals surface area contributed by atoms with Gasteiger partial charge in [0, 0.05) is 12.2 Å². The highest BCUT2D eigenvalue weighted by atomic mass is 16.6. The van der Waals surface area contributed by atoms with Gasteiger partial charge in [-0.05, 0) is 69.8 Å². The quantitative estimate of drug-likeness (QED) is 0.838. The molecule has 1 amide bonds. The summed E-state index contributed by atoms with van der Waals surface area (Å²) in [5, 5.41) is 0. The van der Waals surface area contributed by atoms with Crippen molar-refractivity contribution >= 4 is 11.9 Å². The molecule has 4 rings (SSSR count). The van der Waals surface area contributed by atoms with Crippen molar-refractivity contribution in [2.24, 2.45) is 0 Å². The van der Waals surface area contributed by atoms with E-state index < -0.39 is 0 Å². The molecule has 2 saturated heterocycles. The van der Waals surface area contributed by atoms with E-state index in [0.29, 0.717) is 12.6 Å². The van der Waals surface area contributed by atoms with E-state index >= 15 is 0 Å². The van der Waals surface area contributed by atoms with Gasteiger partial charge in [0.25, 0.3) is 0 Å². The number of likely N-dealkylation sites (tertiary alicyclic amines) is 1. The van der Waals surface area contributed by atoms with Gasteiger partial charge in [-0.15, -0.1) is 0 Å². The number of amides is 1. The molecule has 5 heteroatoms. The van der Waals surface area contributed by atoms with Crippen LogP contribution in [0.3, 0.4) is 0 Å². The summed E-state index contributed by atoms with van der Waals surface area (Å²) in [6.45, 7) is 1.79. The summed E-state index contributed by atoms with van der Waals surface area (Å²) in [7, 11) is 2.17. The second-order valence-corrected chi connectivity index (χ2v) is 7.28. The SMILES string of the molecule is CN1CCCC1c1ccnc(N2CC3(CCCCC3)OC2=O)c1. The summed E-state index contributed by atoms with van der Waals surface area (Å²) < 4.78 is 5.78. The zero-order valence-corrected chi connectivity index (χ0v) is 13.8. The largest absolute Gasteiger partial charge is 0.441 e. The molecule has 0 aromatic carbocycles. The summed E-state index contributed by atoms with van der Waals surface area (Å²) in [6.07, 6.45) is 9.54. The van der Waals surface area contributed by atoms with Gasteiger partial charge in [0.1, 0.15) is 11.4 Å². The second kappa shape index (κ2) is 5.78. The summed E-state index contributed by atoms with van der Waals surface area (Å²) in [4.78, 5) is 21.0. The van der Waals surface area contributed by atoms with Crippen molar-refractivity contribution in [3.05, 3.63) is 23.9 Å². The summed E-state index contributed by atoms with van der Waals surface area (Å²) in [6, 6.07) is 4.60. The van der Waals surface area contributed by atoms with Gasteiger partial charge >= 0.3 is 6.09 Å². The smallest absolute Gasteiger partial charge is 0.416 e. The fourth-order valence-corrected chi connectivity index (χ4v) is 4.38. The number of rotatable bonds is 2. The Hall–Kier alpha value is -1.62. The first-order valence-electron chi connectivity index (χ1n) is 8.84. The topological polar surface area (TPSA) is 45.7 Å². The molecule has 1 unspecified atom stereocenters. The normalized spacial score (nSPS) is 27.6. The molecule has 3 fully saturated rings. The van der Waals surface area contributed by atoms with Gasteiger partial charge < -0.3 is 4.74 Å². The molecule has 3 aliphatic rings. The van der Waals surface area contributed by atoms with Crippen LogP contribution in [0.1, 0.15) is 56.6 Å². The van der Waals surface area contributed by atoms with Crippen LogP contribution in [0, 0.1) is 0 Å². The van der Waals surface area contributed by atoms with Crippen LogP contribution in [-0.2, 0) is 4.74 Å². The lowest BCUT2D eigenvalue weighted by Gasteiger charge is -2.30. The molecule has 0 N–H and O–H groups in total. The Morgan fingerprint density at radius 3 is 2.83 bits per heavy atom. The van der Waals surface area contributed by atoms with E-state index in [1.54, 1.807) is 4.90 Å². The second-order valence-electron chi connectivity index (χ2n) is 7.28. The number of pyridine rings is 1. The van der Waals surface area contributed by atoms with Crippen molar-refractivity contribution in [1.82, 2.24) is 9.88 Å². The number of aromatic nitrogens is 1. The van der Waals surface area contributed by atoms with Gasteiger partial charge in [0.15, 0.2) is 0 Å². The van der Waals surface area contributed by atoms with Crippen molar-refractivity contribution in [3.8, 4) is 0 Å². The molecule has 3 heterocycles. The van der Waals surface area contributed by atoms with Crippen molar-refractivity contribution in [2.45, 2.75) is 56.6 Å². The van der Waals surface area contributed by atoms with Gasteiger partial charge in [-0.1, -0.05) is 6.42 Å². The third-order valence-electron chi connectivity index (χ3n) is 5.69. The minimum atomic E-state index is -0.267. The highest BCUT2D eigenvalue weighted by molar-refractivity contribution is 5.89. The molecule has 1 aromatic heterocycles. The van der Waals surface area contributed by atoms with E-state index in [1.807, 2.05) is 6.20 Å². The van der Waals surface area contributed by atoms with Crippen LogP contribution in [-0.4, -0.2) is 41.7 Å². The van der Waals surface area contributed by atoms with Crippen molar-refractivity contribution in [3.63, 3.8) is 0 Å². The van der Waals surface area contributed by atoms with Crippen LogP contribution in [0.15, 0.2) is 18.3 Å². The van der Waals surface area contributed by atoms with Gasteiger partial charge in [-0.25, -0.2) is 9.78 Å². The minimum absolute atomic E-state index is 0.226. The molecule has 124 valence electrons. The molecule has 5 nitrogen and oxygen atoms in total. The Labute approximate surface area is 137 Å². The molecule has 1 aromatic rings. The van der Waals surface area contributed by atoms with Crippen molar-refractivity contribution in [2.75, 3.05) is 25.0 Å². The molecule has 1 aliphatic carbocycles. The molecule has 23 heavy (non-hydrogen) atoms. The fraction of sp³-hybridized carbons (Fsp3) is 0.667. The van der Waals surface area contributed by atoms with E-state index in [2.05, 4.69) is 29.1 Å². The Kier molecular flexibility index (Phi) is 3.76. The fourth-order valence-electron chi connectivity index (χ4n) is 4.38. The Balaban J connectivity index is 1.57. The minimum Gasteiger partial charge on any atom is -0.441 e. The molecule has 2 aliphatic heterocycles. The molecular formula is C18H25N3O2. The first kappa shape index (κ1) is 14.9. The average Bonchev–Trinajstić information content (AvgIpc) is 3.12. The first-order valence-corrected chi connectivity index (χ1v) is 8.84. The Morgan fingerprint density at radius 2 is 2.09 bits per heavy atom. The lowest BCUT2D eigenvalue weighted by molar-refractivity contribution is 0.0260. The predicted octanol–water partition coefficient (Wildman–Crippen LogP) is 3.51. The predicted molar refractivity (Wildman–Crippen MR) is 88.5 cm³/mol. The van der Waals surface area contributed by atoms with E-state index in [1.165, 1.54) is 24.8 Å². The number of carbonyl (C=O) groups excluding carboxylic acids is 1. The maximum atomic E-state index is 12.4. The van der Waals surface area contributed by atoms with Crippen molar-refractivity contribution < 1.29 is 9.53 Å². The monoisotopic (exact) mass is 315 g/mol. The van der Waals surface area contributed by atoms with Crippen LogP contribution in [0.4, 0.5) is 10.6 Å². The number of hydrogen-bond donors (Lipinski definition) is 0. The van der Waals surface area contributed by atoms with E-state index in [-0.39, 0.29) is 11.7 Å². The zero-order chi connectivity index (χ0) is 15.9. The van der Waals surface area contributed by atoms with Crippen LogP contribution >= 0.6 is 0 Å². The zero-order valence-electron chi connectivity index (χ0n) is 13.8. The van der Waals surface area contributed by atoms with E-state index in [9.17, 15) is 4.79 Å². The summed E-state index contributed by atoms with van der Waals surface area (Å²) in [5.74, 6) is 0.746. The van der Waals surface area contributed by atoms with Crippen LogP contribution < -0.4 is 4.90 Å². The molecule has 1 atom stereocenters. The number of hydrogen-bond acceptors (Lipinski definition) is 4. The Bertz CT molecular complexity index is 598. The molecule has 1 spiro atoms. The van der Waals surface area contributed by atoms with Crippen LogP contribution in [0.25, 0.3) is 0 Å². The number of ether oxygens (including phenoxy) is 1. The van der Waals surface area contributed by atoms with Gasteiger partial charge in [0.2, 0.25) is 0 Å². The highest BCUT2D eigenvalue weighted by Crippen LogP contribution is 2.39. The van der Waals surface area contributed by atoms with E-state index in [4.69, 9.17) is 4.74 Å². The third kappa shape index (κ3) is 2.71. The average molecular weight is 315 g/mol. The summed E-state index contributed by atoms with van der Waals surface area (Å²) >= 11 is 0. The van der Waals surface area contributed by atoms with Gasteiger partial charge in [-0.3, -0.25) is 9.80 Å². The number of nitrogens with zero attached hydrogens (tertiary/aromatic N) is 3. The van der Waals surface area contributed by atoms with Crippen LogP contribution in [0.5, 0.6) is 0 Å². The standard InChI is InChI=1S/C18H25N3O2/c1-20-11-5-6-15(20)14-7-10-19-16(12-14)21-13-18(23-17(21)22)8-3-2-4-9-18/h7,10,12,15H,2-6,8-9,11,13H2,1H3. The van der Waals surface area contributed by atoms with Crippen molar-refractivity contribution in [1.29, 1.82) is 0 Å². The van der Waals surface area contributed by atoms with Crippen LogP contribution in [0.2, 0.25) is 0 Å². The Morgan fingerprint density at radius 1 is 1.26 bits per heavy atom. The first-order chi connectivity index (χ1) is 11.2. The third-order valence-corrected chi connectivity index (χ3v) is 5.69. The molecule has 0 radical (unpaired) electrons. The lowest BCUT2D eigenvalue weighted by atomic mass is 9.85. The molecule has 1 saturated carbocycles. The number of anilines is 1. The number of carbonyl (C=O) groups is 1. The maximum absolute atomic E-state index is 12.4. The lowest BCUT2D eigenvalue weighted by Crippen LogP contribution is -2.36. The molecular weight excluding hydrogens is 290 g/mol. The molecule has 0 bridgehead atoms. The van der Waals surface area contributed by atoms with E-state index in [0.717, 1.165) is 38.0 Å². The van der Waals surface area contributed by atoms with Gasteiger partial charge in [-0.2, -0.15) is 0 Å². The maximum Gasteiger partial charge on any atom is 0.416 e. The summed E-state index contributed by atoms with van der Waals surface area (Å²) in [5.41, 5.74) is 0.990. The highest BCUT2D eigenvalue weighted by Gasteiger charge is 2.46. The van der Waals surface area contributed by atoms with Gasteiger partial charge in [0.05, 0.1) is 6.54 Å².